The predicted octanol–water partition coefficient (Wildman–Crippen LogP) is 1.12. The lowest BCUT2D eigenvalue weighted by Gasteiger charge is -2.06. The summed E-state index contributed by atoms with van der Waals surface area (Å²) in [5.74, 6) is 0.378. The number of nitrogens with one attached hydrogen (secondary N) is 1. The van der Waals surface area contributed by atoms with Gasteiger partial charge in [0.1, 0.15) is 12.2 Å². The molecule has 0 spiro atoms. The van der Waals surface area contributed by atoms with Crippen LogP contribution in [0.1, 0.15) is 5.82 Å². The fraction of sp³-hybridized carbons (Fsp3) is 0.182. The van der Waals surface area contributed by atoms with Crippen LogP contribution in [0.5, 0.6) is 0 Å². The van der Waals surface area contributed by atoms with Gasteiger partial charge in [0.2, 0.25) is 5.91 Å². The largest absolute Gasteiger partial charge is 0.348 e. The molecule has 1 heterocycles. The molecule has 0 atom stereocenters. The molecular weight excluding hydrogens is 240 g/mol. The van der Waals surface area contributed by atoms with Crippen LogP contribution in [0.25, 0.3) is 5.69 Å². The summed E-state index contributed by atoms with van der Waals surface area (Å²) in [6.07, 6.45) is 1.61. The molecular formula is C11H11ClN4O. The Morgan fingerprint density at radius 3 is 2.82 bits per heavy atom. The minimum atomic E-state index is -0.228. The number of amides is 1. The van der Waals surface area contributed by atoms with Crippen LogP contribution in [0, 0.1) is 0 Å². The Balaban J connectivity index is 2.15. The van der Waals surface area contributed by atoms with Crippen LogP contribution in [0.4, 0.5) is 0 Å². The second-order valence-corrected chi connectivity index (χ2v) is 3.63. The van der Waals surface area contributed by atoms with Crippen molar-refractivity contribution in [3.05, 3.63) is 42.5 Å². The van der Waals surface area contributed by atoms with Gasteiger partial charge in [0.15, 0.2) is 5.82 Å². The Labute approximate surface area is 103 Å². The Morgan fingerprint density at radius 2 is 2.12 bits per heavy atom. The summed E-state index contributed by atoms with van der Waals surface area (Å²) in [5.41, 5.74) is 0.952. The Hall–Kier alpha value is -1.88. The third-order valence-electron chi connectivity index (χ3n) is 2.22. The van der Waals surface area contributed by atoms with Gasteiger partial charge in [-0.25, -0.2) is 0 Å². The molecule has 0 saturated carbocycles. The molecule has 0 saturated heterocycles. The monoisotopic (exact) mass is 250 g/mol. The highest BCUT2D eigenvalue weighted by atomic mass is 35.5. The van der Waals surface area contributed by atoms with Crippen LogP contribution in [-0.2, 0) is 11.3 Å². The van der Waals surface area contributed by atoms with Gasteiger partial charge in [-0.2, -0.15) is 0 Å². The van der Waals surface area contributed by atoms with Crippen molar-refractivity contribution in [1.29, 1.82) is 0 Å². The highest BCUT2D eigenvalue weighted by Crippen LogP contribution is 2.08. The molecule has 0 aliphatic carbocycles. The lowest BCUT2D eigenvalue weighted by Crippen LogP contribution is -2.25. The number of rotatable bonds is 4. The summed E-state index contributed by atoms with van der Waals surface area (Å²) in [6, 6.07) is 9.67. The molecule has 5 nitrogen and oxygen atoms in total. The van der Waals surface area contributed by atoms with Gasteiger partial charge in [0, 0.05) is 5.69 Å². The molecule has 0 radical (unpaired) electrons. The predicted molar refractivity (Wildman–Crippen MR) is 63.9 cm³/mol. The molecule has 17 heavy (non-hydrogen) atoms. The summed E-state index contributed by atoms with van der Waals surface area (Å²) < 4.78 is 1.81. The van der Waals surface area contributed by atoms with Crippen molar-refractivity contribution < 1.29 is 4.79 Å². The number of hydrogen-bond acceptors (Lipinski definition) is 3. The first-order chi connectivity index (χ1) is 8.31. The molecule has 0 unspecified atom stereocenters. The first-order valence-electron chi connectivity index (χ1n) is 5.08. The van der Waals surface area contributed by atoms with Crippen LogP contribution in [0.3, 0.4) is 0 Å². The lowest BCUT2D eigenvalue weighted by molar-refractivity contribution is -0.118. The normalized spacial score (nSPS) is 10.2. The average molecular weight is 251 g/mol. The molecule has 0 aliphatic heterocycles. The standard InChI is InChI=1S/C11H11ClN4O/c12-6-11(17)13-7-10-15-14-8-16(10)9-4-2-1-3-5-9/h1-5,8H,6-7H2,(H,13,17). The van der Waals surface area contributed by atoms with E-state index in [0.717, 1.165) is 5.69 Å². The number of para-hydroxylation sites is 1. The first kappa shape index (κ1) is 11.6. The van der Waals surface area contributed by atoms with E-state index < -0.39 is 0 Å². The summed E-state index contributed by atoms with van der Waals surface area (Å²) >= 11 is 5.39. The van der Waals surface area contributed by atoms with Crippen LogP contribution < -0.4 is 5.32 Å². The number of benzene rings is 1. The molecule has 1 aromatic heterocycles. The van der Waals surface area contributed by atoms with E-state index in [-0.39, 0.29) is 11.8 Å². The number of carbonyl (C=O) groups excluding carboxylic acids is 1. The summed E-state index contributed by atoms with van der Waals surface area (Å²) in [7, 11) is 0. The van der Waals surface area contributed by atoms with Crippen LogP contribution >= 0.6 is 11.6 Å². The molecule has 2 rings (SSSR count). The van der Waals surface area contributed by atoms with E-state index in [2.05, 4.69) is 15.5 Å². The van der Waals surface area contributed by atoms with E-state index >= 15 is 0 Å². The van der Waals surface area contributed by atoms with Gasteiger partial charge in [-0.3, -0.25) is 9.36 Å². The second-order valence-electron chi connectivity index (χ2n) is 3.36. The number of nitrogens with zero attached hydrogens (tertiary/aromatic N) is 3. The smallest absolute Gasteiger partial charge is 0.235 e. The summed E-state index contributed by atoms with van der Waals surface area (Å²) in [6.45, 7) is 0.306. The molecule has 0 aliphatic rings. The molecule has 0 bridgehead atoms. The number of carbonyl (C=O) groups is 1. The zero-order chi connectivity index (χ0) is 12.1. The van der Waals surface area contributed by atoms with E-state index in [1.54, 1.807) is 6.33 Å². The molecule has 2 aromatic rings. The van der Waals surface area contributed by atoms with Crippen molar-refractivity contribution in [2.45, 2.75) is 6.54 Å². The fourth-order valence-electron chi connectivity index (χ4n) is 1.41. The van der Waals surface area contributed by atoms with E-state index in [1.165, 1.54) is 0 Å². The molecule has 1 aromatic carbocycles. The number of hydrogen-bond donors (Lipinski definition) is 1. The molecule has 88 valence electrons. The van der Waals surface area contributed by atoms with Gasteiger partial charge in [-0.05, 0) is 12.1 Å². The van der Waals surface area contributed by atoms with E-state index in [4.69, 9.17) is 11.6 Å². The van der Waals surface area contributed by atoms with Crippen molar-refractivity contribution in [3.63, 3.8) is 0 Å². The van der Waals surface area contributed by atoms with Gasteiger partial charge in [-0.1, -0.05) is 18.2 Å². The maximum Gasteiger partial charge on any atom is 0.235 e. The third-order valence-corrected chi connectivity index (χ3v) is 2.46. The van der Waals surface area contributed by atoms with Crippen LogP contribution in [0.2, 0.25) is 0 Å². The minimum absolute atomic E-state index is 0.0561. The maximum atomic E-state index is 11.1. The lowest BCUT2D eigenvalue weighted by atomic mass is 10.3. The second kappa shape index (κ2) is 5.45. The van der Waals surface area contributed by atoms with Crippen LogP contribution in [-0.4, -0.2) is 26.6 Å². The SMILES string of the molecule is O=C(CCl)NCc1nncn1-c1ccccc1. The highest BCUT2D eigenvalue weighted by molar-refractivity contribution is 6.27. The number of halogens is 1. The third kappa shape index (κ3) is 2.82. The molecule has 1 amide bonds. The molecule has 1 N–H and O–H groups in total. The quantitative estimate of drug-likeness (QED) is 0.828. The van der Waals surface area contributed by atoms with Crippen LogP contribution in [0.15, 0.2) is 36.7 Å². The number of alkyl halides is 1. The molecule has 0 fully saturated rings. The van der Waals surface area contributed by atoms with Crippen molar-refractivity contribution in [2.24, 2.45) is 0 Å². The maximum absolute atomic E-state index is 11.1. The first-order valence-corrected chi connectivity index (χ1v) is 5.61. The van der Waals surface area contributed by atoms with Gasteiger partial charge in [0.05, 0.1) is 6.54 Å². The summed E-state index contributed by atoms with van der Waals surface area (Å²) in [5, 5.41) is 10.4. The van der Waals surface area contributed by atoms with Crippen molar-refractivity contribution in [2.75, 3.05) is 5.88 Å². The Bertz CT molecular complexity index is 497. The Morgan fingerprint density at radius 1 is 1.35 bits per heavy atom. The van der Waals surface area contributed by atoms with Crippen molar-refractivity contribution in [3.8, 4) is 5.69 Å². The average Bonchev–Trinajstić information content (AvgIpc) is 2.85. The van der Waals surface area contributed by atoms with Gasteiger partial charge >= 0.3 is 0 Å². The van der Waals surface area contributed by atoms with Crippen molar-refractivity contribution >= 4 is 17.5 Å². The topological polar surface area (TPSA) is 59.8 Å². The van der Waals surface area contributed by atoms with Gasteiger partial charge in [-0.15, -0.1) is 21.8 Å². The van der Waals surface area contributed by atoms with Gasteiger partial charge < -0.3 is 5.32 Å². The van der Waals surface area contributed by atoms with E-state index in [0.29, 0.717) is 12.4 Å². The van der Waals surface area contributed by atoms with E-state index in [1.807, 2.05) is 34.9 Å². The minimum Gasteiger partial charge on any atom is -0.348 e. The Kier molecular flexibility index (Phi) is 3.72. The fourth-order valence-corrected chi connectivity index (χ4v) is 1.50. The zero-order valence-corrected chi connectivity index (χ0v) is 9.76. The zero-order valence-electron chi connectivity index (χ0n) is 9.01. The molecule has 6 heteroatoms. The van der Waals surface area contributed by atoms with Gasteiger partial charge in [0.25, 0.3) is 0 Å². The van der Waals surface area contributed by atoms with E-state index in [9.17, 15) is 4.79 Å². The number of aromatic nitrogens is 3. The van der Waals surface area contributed by atoms with Crippen molar-refractivity contribution in [1.82, 2.24) is 20.1 Å². The summed E-state index contributed by atoms with van der Waals surface area (Å²) in [4.78, 5) is 11.1. The highest BCUT2D eigenvalue weighted by Gasteiger charge is 2.07.